The SMILES string of the molecule is C\C=C/C(=C\C=C\C=C1/SC(=S)N(CC(=O)O)C1=O)OCCC. The maximum absolute atomic E-state index is 12.0. The molecular weight excluding hydrogens is 334 g/mol. The van der Waals surface area contributed by atoms with Crippen LogP contribution in [0.1, 0.15) is 20.3 Å². The molecule has 0 aromatic carbocycles. The van der Waals surface area contributed by atoms with E-state index in [9.17, 15) is 9.59 Å². The largest absolute Gasteiger partial charge is 0.494 e. The molecule has 5 nitrogen and oxygen atoms in total. The lowest BCUT2D eigenvalue weighted by Crippen LogP contribution is -2.33. The summed E-state index contributed by atoms with van der Waals surface area (Å²) in [5.41, 5.74) is 0. The van der Waals surface area contributed by atoms with Gasteiger partial charge >= 0.3 is 5.97 Å². The zero-order valence-corrected chi connectivity index (χ0v) is 14.7. The van der Waals surface area contributed by atoms with Gasteiger partial charge in [-0.05, 0) is 31.6 Å². The molecule has 7 heteroatoms. The number of amides is 1. The molecule has 1 heterocycles. The summed E-state index contributed by atoms with van der Waals surface area (Å²) in [7, 11) is 0. The van der Waals surface area contributed by atoms with Crippen LogP contribution in [0.3, 0.4) is 0 Å². The number of hydrogen-bond acceptors (Lipinski definition) is 5. The van der Waals surface area contributed by atoms with Crippen molar-refractivity contribution < 1.29 is 19.4 Å². The van der Waals surface area contributed by atoms with Crippen LogP contribution in [-0.2, 0) is 14.3 Å². The molecule has 1 aliphatic rings. The van der Waals surface area contributed by atoms with Crippen LogP contribution in [-0.4, -0.2) is 39.4 Å². The number of hydrogen-bond donors (Lipinski definition) is 1. The van der Waals surface area contributed by atoms with Gasteiger partial charge < -0.3 is 9.84 Å². The second-order valence-electron chi connectivity index (χ2n) is 4.49. The van der Waals surface area contributed by atoms with Crippen LogP contribution in [0.4, 0.5) is 0 Å². The van der Waals surface area contributed by atoms with E-state index in [0.29, 0.717) is 11.5 Å². The van der Waals surface area contributed by atoms with Crippen molar-refractivity contribution >= 4 is 40.2 Å². The molecule has 0 atom stereocenters. The fraction of sp³-hybridized carbons (Fsp3) is 0.312. The number of thiocarbonyl (C=S) groups is 1. The highest BCUT2D eigenvalue weighted by atomic mass is 32.2. The van der Waals surface area contributed by atoms with E-state index in [1.165, 1.54) is 0 Å². The quantitative estimate of drug-likeness (QED) is 0.313. The van der Waals surface area contributed by atoms with Gasteiger partial charge in [0, 0.05) is 0 Å². The Kier molecular flexibility index (Phi) is 8.36. The molecule has 1 aliphatic heterocycles. The minimum absolute atomic E-state index is 0.258. The first-order valence-electron chi connectivity index (χ1n) is 7.09. The van der Waals surface area contributed by atoms with E-state index in [4.69, 9.17) is 22.1 Å². The molecule has 0 bridgehead atoms. The van der Waals surface area contributed by atoms with Crippen molar-refractivity contribution in [3.8, 4) is 0 Å². The molecule has 1 rings (SSSR count). The molecule has 1 N–H and O–H groups in total. The topological polar surface area (TPSA) is 66.8 Å². The van der Waals surface area contributed by atoms with Gasteiger partial charge in [0.15, 0.2) is 0 Å². The molecule has 1 saturated heterocycles. The van der Waals surface area contributed by atoms with E-state index < -0.39 is 12.5 Å². The molecule has 23 heavy (non-hydrogen) atoms. The van der Waals surface area contributed by atoms with Gasteiger partial charge in [-0.1, -0.05) is 49.1 Å². The average Bonchev–Trinajstić information content (AvgIpc) is 2.76. The fourth-order valence-electron chi connectivity index (χ4n) is 1.61. The second-order valence-corrected chi connectivity index (χ2v) is 6.16. The van der Waals surface area contributed by atoms with Crippen molar-refractivity contribution in [2.24, 2.45) is 0 Å². The van der Waals surface area contributed by atoms with Crippen LogP contribution in [0.2, 0.25) is 0 Å². The zero-order chi connectivity index (χ0) is 17.2. The first-order valence-corrected chi connectivity index (χ1v) is 8.31. The summed E-state index contributed by atoms with van der Waals surface area (Å²) in [6.07, 6.45) is 11.5. The minimum atomic E-state index is -1.09. The summed E-state index contributed by atoms with van der Waals surface area (Å²) in [5.74, 6) is -0.741. The van der Waals surface area contributed by atoms with E-state index in [2.05, 4.69) is 0 Å². The Morgan fingerprint density at radius 1 is 1.43 bits per heavy atom. The first kappa shape index (κ1) is 19.2. The van der Waals surface area contributed by atoms with E-state index in [1.807, 2.05) is 26.0 Å². The molecule has 1 amide bonds. The third-order valence-corrected chi connectivity index (χ3v) is 3.99. The monoisotopic (exact) mass is 353 g/mol. The number of carboxylic acid groups (broad SMARTS) is 1. The third kappa shape index (κ3) is 6.42. The Morgan fingerprint density at radius 2 is 2.17 bits per heavy atom. The van der Waals surface area contributed by atoms with Gasteiger partial charge in [-0.2, -0.15) is 0 Å². The Labute approximate surface area is 145 Å². The first-order chi connectivity index (χ1) is 11.0. The summed E-state index contributed by atoms with van der Waals surface area (Å²) >= 11 is 6.11. The van der Waals surface area contributed by atoms with Crippen LogP contribution in [0.25, 0.3) is 0 Å². The predicted octanol–water partition coefficient (Wildman–Crippen LogP) is 3.26. The number of thioether (sulfide) groups is 1. The van der Waals surface area contributed by atoms with Crippen LogP contribution >= 0.6 is 24.0 Å². The lowest BCUT2D eigenvalue weighted by Gasteiger charge is -2.09. The molecule has 0 saturated carbocycles. The Hall–Kier alpha value is -1.86. The molecular formula is C16H19NO4S2. The fourth-order valence-corrected chi connectivity index (χ4v) is 2.82. The number of nitrogens with zero attached hydrogens (tertiary/aromatic N) is 1. The van der Waals surface area contributed by atoms with Gasteiger partial charge in [0.05, 0.1) is 11.5 Å². The number of carbonyl (C=O) groups excluding carboxylic acids is 1. The summed E-state index contributed by atoms with van der Waals surface area (Å²) in [5, 5.41) is 8.77. The molecule has 1 fully saturated rings. The number of carbonyl (C=O) groups is 2. The third-order valence-electron chi connectivity index (χ3n) is 2.59. The van der Waals surface area contributed by atoms with E-state index in [1.54, 1.807) is 24.3 Å². The van der Waals surface area contributed by atoms with Crippen molar-refractivity contribution in [1.29, 1.82) is 0 Å². The maximum atomic E-state index is 12.0. The summed E-state index contributed by atoms with van der Waals surface area (Å²) in [4.78, 5) is 24.2. The molecule has 0 aromatic heterocycles. The highest BCUT2D eigenvalue weighted by Crippen LogP contribution is 2.30. The van der Waals surface area contributed by atoms with E-state index >= 15 is 0 Å². The van der Waals surface area contributed by atoms with Crippen LogP contribution < -0.4 is 0 Å². The molecule has 0 aromatic rings. The number of ether oxygens (including phenoxy) is 1. The molecule has 0 aliphatic carbocycles. The van der Waals surface area contributed by atoms with Crippen LogP contribution in [0, 0.1) is 0 Å². The number of aliphatic carboxylic acids is 1. The molecule has 0 unspecified atom stereocenters. The average molecular weight is 353 g/mol. The van der Waals surface area contributed by atoms with Gasteiger partial charge in [0.2, 0.25) is 0 Å². The van der Waals surface area contributed by atoms with Crippen LogP contribution in [0.5, 0.6) is 0 Å². The number of allylic oxidation sites excluding steroid dienone is 6. The lowest BCUT2D eigenvalue weighted by molar-refractivity contribution is -0.140. The smallest absolute Gasteiger partial charge is 0.323 e. The highest BCUT2D eigenvalue weighted by molar-refractivity contribution is 8.26. The van der Waals surface area contributed by atoms with Crippen molar-refractivity contribution in [2.75, 3.05) is 13.2 Å². The van der Waals surface area contributed by atoms with Gasteiger partial charge in [-0.15, -0.1) is 0 Å². The van der Waals surface area contributed by atoms with E-state index in [-0.39, 0.29) is 10.2 Å². The standard InChI is InChI=1S/C16H19NO4S2/c1-3-7-12(21-10-4-2)8-5-6-9-13-15(20)17(11-14(18)19)16(22)23-13/h3,5-9H,4,10-11H2,1-2H3,(H,18,19)/b6-5+,7-3-,12-8+,13-9-. The van der Waals surface area contributed by atoms with Crippen molar-refractivity contribution in [3.05, 3.63) is 47.1 Å². The highest BCUT2D eigenvalue weighted by Gasteiger charge is 2.32. The Morgan fingerprint density at radius 3 is 2.78 bits per heavy atom. The van der Waals surface area contributed by atoms with Gasteiger partial charge in [0.25, 0.3) is 5.91 Å². The summed E-state index contributed by atoms with van der Waals surface area (Å²) in [6, 6.07) is 0. The Balaban J connectivity index is 2.74. The maximum Gasteiger partial charge on any atom is 0.323 e. The number of carboxylic acids is 1. The van der Waals surface area contributed by atoms with Gasteiger partial charge in [-0.25, -0.2) is 0 Å². The van der Waals surface area contributed by atoms with Gasteiger partial charge in [-0.3, -0.25) is 14.5 Å². The molecule has 0 radical (unpaired) electrons. The normalized spacial score (nSPS) is 17.9. The predicted molar refractivity (Wildman–Crippen MR) is 95.9 cm³/mol. The lowest BCUT2D eigenvalue weighted by atomic mass is 10.3. The van der Waals surface area contributed by atoms with Crippen molar-refractivity contribution in [3.63, 3.8) is 0 Å². The zero-order valence-electron chi connectivity index (χ0n) is 13.0. The number of rotatable bonds is 8. The summed E-state index contributed by atoms with van der Waals surface area (Å²) < 4.78 is 5.80. The molecule has 124 valence electrons. The molecule has 0 spiro atoms. The minimum Gasteiger partial charge on any atom is -0.494 e. The Bertz CT molecular complexity index is 591. The van der Waals surface area contributed by atoms with Gasteiger partial charge in [0.1, 0.15) is 16.6 Å². The van der Waals surface area contributed by atoms with E-state index in [0.717, 1.165) is 28.8 Å². The summed E-state index contributed by atoms with van der Waals surface area (Å²) in [6.45, 7) is 4.16. The van der Waals surface area contributed by atoms with Crippen LogP contribution in [0.15, 0.2) is 47.1 Å². The van der Waals surface area contributed by atoms with Crippen molar-refractivity contribution in [1.82, 2.24) is 4.90 Å². The van der Waals surface area contributed by atoms with Crippen molar-refractivity contribution in [2.45, 2.75) is 20.3 Å². The second kappa shape index (κ2) is 10.0.